The van der Waals surface area contributed by atoms with Gasteiger partial charge in [0.15, 0.2) is 5.96 Å². The van der Waals surface area contributed by atoms with Crippen LogP contribution in [0.4, 0.5) is 0 Å². The molecule has 2 rings (SSSR count). The number of nitrogens with one attached hydrogen (secondary N) is 2. The molecule has 0 aliphatic carbocycles. The Morgan fingerprint density at radius 2 is 1.82 bits per heavy atom. The van der Waals surface area contributed by atoms with Crippen molar-refractivity contribution < 1.29 is 14.6 Å². The van der Waals surface area contributed by atoms with Crippen molar-refractivity contribution in [3.63, 3.8) is 0 Å². The van der Waals surface area contributed by atoms with E-state index >= 15 is 0 Å². The molecule has 0 aliphatic rings. The van der Waals surface area contributed by atoms with Crippen LogP contribution in [0.2, 0.25) is 0 Å². The monoisotopic (exact) mass is 385 g/mol. The first kappa shape index (κ1) is 21.6. The molecule has 2 aromatic rings. The van der Waals surface area contributed by atoms with Crippen LogP contribution in [0, 0.1) is 0 Å². The molecule has 0 aromatic heterocycles. The van der Waals surface area contributed by atoms with Crippen LogP contribution in [0.25, 0.3) is 0 Å². The highest BCUT2D eigenvalue weighted by Crippen LogP contribution is 2.12. The first-order valence-corrected chi connectivity index (χ1v) is 9.72. The number of phenolic OH excluding ortho intramolecular Hbond substituents is 1. The van der Waals surface area contributed by atoms with Crippen LogP contribution in [0.3, 0.4) is 0 Å². The maximum atomic E-state index is 9.58. The predicted octanol–water partition coefficient (Wildman–Crippen LogP) is 3.11. The lowest BCUT2D eigenvalue weighted by Crippen LogP contribution is -2.39. The summed E-state index contributed by atoms with van der Waals surface area (Å²) in [5.74, 6) is 1.90. The van der Waals surface area contributed by atoms with Gasteiger partial charge in [-0.25, -0.2) is 4.99 Å². The number of guanidine groups is 1. The molecule has 0 aliphatic heterocycles. The van der Waals surface area contributed by atoms with E-state index in [0.717, 1.165) is 62.0 Å². The SMILES string of the molecule is CCOCCCNC(=NCc1ccc(OC)cc1)NCCc1cccc(O)c1. The molecule has 6 heteroatoms. The van der Waals surface area contributed by atoms with Crippen molar-refractivity contribution in [2.45, 2.75) is 26.3 Å². The van der Waals surface area contributed by atoms with Crippen molar-refractivity contribution in [2.75, 3.05) is 33.4 Å². The Balaban J connectivity index is 1.88. The van der Waals surface area contributed by atoms with Gasteiger partial charge in [-0.05, 0) is 55.2 Å². The Morgan fingerprint density at radius 3 is 2.54 bits per heavy atom. The predicted molar refractivity (Wildman–Crippen MR) is 113 cm³/mol. The number of hydrogen-bond acceptors (Lipinski definition) is 4. The molecule has 3 N–H and O–H groups in total. The standard InChI is InChI=1S/C22H31N3O3/c1-3-28-15-5-13-23-22(24-14-12-18-6-4-7-20(26)16-18)25-17-19-8-10-21(27-2)11-9-19/h4,6-11,16,26H,3,5,12-15,17H2,1-2H3,(H2,23,24,25). The third-order valence-electron chi connectivity index (χ3n) is 4.16. The van der Waals surface area contributed by atoms with E-state index in [9.17, 15) is 5.11 Å². The fourth-order valence-corrected chi connectivity index (χ4v) is 2.64. The average Bonchev–Trinajstić information content (AvgIpc) is 2.72. The van der Waals surface area contributed by atoms with Crippen molar-refractivity contribution in [3.8, 4) is 11.5 Å². The molecule has 0 heterocycles. The van der Waals surface area contributed by atoms with Crippen molar-refractivity contribution in [1.29, 1.82) is 0 Å². The van der Waals surface area contributed by atoms with E-state index in [-0.39, 0.29) is 0 Å². The zero-order valence-corrected chi connectivity index (χ0v) is 16.8. The summed E-state index contributed by atoms with van der Waals surface area (Å²) in [4.78, 5) is 4.68. The fourth-order valence-electron chi connectivity index (χ4n) is 2.64. The largest absolute Gasteiger partial charge is 0.508 e. The number of aliphatic imine (C=N–C) groups is 1. The van der Waals surface area contributed by atoms with Gasteiger partial charge < -0.3 is 25.2 Å². The summed E-state index contributed by atoms with van der Waals surface area (Å²) in [6, 6.07) is 15.2. The zero-order valence-electron chi connectivity index (χ0n) is 16.8. The molecular weight excluding hydrogens is 354 g/mol. The van der Waals surface area contributed by atoms with Gasteiger partial charge in [0.05, 0.1) is 13.7 Å². The summed E-state index contributed by atoms with van der Waals surface area (Å²) in [6.07, 6.45) is 1.72. The van der Waals surface area contributed by atoms with E-state index in [0.29, 0.717) is 12.3 Å². The molecule has 2 aromatic carbocycles. The number of benzene rings is 2. The molecule has 152 valence electrons. The van der Waals surface area contributed by atoms with E-state index in [1.807, 2.05) is 43.3 Å². The maximum absolute atomic E-state index is 9.58. The molecule has 0 unspecified atom stereocenters. The number of hydrogen-bond donors (Lipinski definition) is 3. The number of ether oxygens (including phenoxy) is 2. The highest BCUT2D eigenvalue weighted by Gasteiger charge is 2.01. The molecule has 6 nitrogen and oxygen atoms in total. The third-order valence-corrected chi connectivity index (χ3v) is 4.16. The summed E-state index contributed by atoms with van der Waals surface area (Å²) < 4.78 is 10.6. The van der Waals surface area contributed by atoms with E-state index in [1.165, 1.54) is 0 Å². The van der Waals surface area contributed by atoms with Crippen molar-refractivity contribution >= 4 is 5.96 Å². The molecular formula is C22H31N3O3. The van der Waals surface area contributed by atoms with E-state index in [1.54, 1.807) is 19.2 Å². The van der Waals surface area contributed by atoms with Crippen molar-refractivity contribution in [3.05, 3.63) is 59.7 Å². The van der Waals surface area contributed by atoms with Crippen LogP contribution in [0.15, 0.2) is 53.5 Å². The van der Waals surface area contributed by atoms with Crippen LogP contribution in [0.1, 0.15) is 24.5 Å². The van der Waals surface area contributed by atoms with Gasteiger partial charge in [-0.15, -0.1) is 0 Å². The molecule has 0 saturated heterocycles. The average molecular weight is 386 g/mol. The number of aromatic hydroxyl groups is 1. The van der Waals surface area contributed by atoms with Gasteiger partial charge in [-0.2, -0.15) is 0 Å². The molecule has 0 spiro atoms. The fraction of sp³-hybridized carbons (Fsp3) is 0.409. The number of methoxy groups -OCH3 is 1. The van der Waals surface area contributed by atoms with Gasteiger partial charge in [0.25, 0.3) is 0 Å². The smallest absolute Gasteiger partial charge is 0.191 e. The van der Waals surface area contributed by atoms with E-state index in [2.05, 4.69) is 15.6 Å². The Labute approximate surface area is 167 Å². The highest BCUT2D eigenvalue weighted by molar-refractivity contribution is 5.79. The molecule has 28 heavy (non-hydrogen) atoms. The second-order valence-electron chi connectivity index (χ2n) is 6.34. The topological polar surface area (TPSA) is 75.1 Å². The first-order chi connectivity index (χ1) is 13.7. The highest BCUT2D eigenvalue weighted by atomic mass is 16.5. The summed E-state index contributed by atoms with van der Waals surface area (Å²) in [6.45, 7) is 5.57. The molecule has 0 bridgehead atoms. The molecule has 0 amide bonds. The Kier molecular flexibility index (Phi) is 9.72. The van der Waals surface area contributed by atoms with Crippen LogP contribution in [0.5, 0.6) is 11.5 Å². The lowest BCUT2D eigenvalue weighted by Gasteiger charge is -2.13. The number of phenols is 1. The molecule has 0 saturated carbocycles. The zero-order chi connectivity index (χ0) is 20.0. The molecule has 0 atom stereocenters. The van der Waals surface area contributed by atoms with Crippen LogP contribution in [-0.4, -0.2) is 44.5 Å². The van der Waals surface area contributed by atoms with Gasteiger partial charge >= 0.3 is 0 Å². The van der Waals surface area contributed by atoms with Gasteiger partial charge in [-0.1, -0.05) is 24.3 Å². The molecule has 0 fully saturated rings. The van der Waals surface area contributed by atoms with Crippen molar-refractivity contribution in [1.82, 2.24) is 10.6 Å². The van der Waals surface area contributed by atoms with Crippen LogP contribution in [-0.2, 0) is 17.7 Å². The van der Waals surface area contributed by atoms with Crippen LogP contribution >= 0.6 is 0 Å². The van der Waals surface area contributed by atoms with Gasteiger partial charge in [0.2, 0.25) is 0 Å². The normalized spacial score (nSPS) is 11.3. The maximum Gasteiger partial charge on any atom is 0.191 e. The van der Waals surface area contributed by atoms with Crippen LogP contribution < -0.4 is 15.4 Å². The number of rotatable bonds is 11. The number of nitrogens with zero attached hydrogens (tertiary/aromatic N) is 1. The van der Waals surface area contributed by atoms with Crippen molar-refractivity contribution in [2.24, 2.45) is 4.99 Å². The lowest BCUT2D eigenvalue weighted by atomic mass is 10.1. The van der Waals surface area contributed by atoms with Gasteiger partial charge in [0, 0.05) is 26.3 Å². The lowest BCUT2D eigenvalue weighted by molar-refractivity contribution is 0.145. The van der Waals surface area contributed by atoms with E-state index < -0.39 is 0 Å². The minimum atomic E-state index is 0.292. The summed E-state index contributed by atoms with van der Waals surface area (Å²) >= 11 is 0. The van der Waals surface area contributed by atoms with Gasteiger partial charge in [0.1, 0.15) is 11.5 Å². The summed E-state index contributed by atoms with van der Waals surface area (Å²) in [5.41, 5.74) is 2.20. The summed E-state index contributed by atoms with van der Waals surface area (Å²) in [7, 11) is 1.66. The minimum absolute atomic E-state index is 0.292. The quantitative estimate of drug-likeness (QED) is 0.315. The second-order valence-corrected chi connectivity index (χ2v) is 6.34. The Morgan fingerprint density at radius 1 is 1.04 bits per heavy atom. The summed E-state index contributed by atoms with van der Waals surface area (Å²) in [5, 5.41) is 16.3. The van der Waals surface area contributed by atoms with E-state index in [4.69, 9.17) is 9.47 Å². The Hall–Kier alpha value is -2.73. The third kappa shape index (κ3) is 8.31. The first-order valence-electron chi connectivity index (χ1n) is 9.72. The molecule has 0 radical (unpaired) electrons. The Bertz CT molecular complexity index is 717. The van der Waals surface area contributed by atoms with Gasteiger partial charge in [-0.3, -0.25) is 0 Å². The minimum Gasteiger partial charge on any atom is -0.508 e. The second kappa shape index (κ2) is 12.6.